The first-order valence-electron chi connectivity index (χ1n) is 15.6. The van der Waals surface area contributed by atoms with E-state index in [1.807, 2.05) is 24.3 Å². The number of esters is 1. The van der Waals surface area contributed by atoms with Crippen molar-refractivity contribution in [2.75, 3.05) is 39.5 Å². The summed E-state index contributed by atoms with van der Waals surface area (Å²) in [6, 6.07) is 14.0. The molecule has 0 radical (unpaired) electrons. The van der Waals surface area contributed by atoms with E-state index in [4.69, 9.17) is 38.4 Å². The van der Waals surface area contributed by atoms with Crippen molar-refractivity contribution in [3.8, 4) is 0 Å². The summed E-state index contributed by atoms with van der Waals surface area (Å²) in [6.45, 7) is 4.07. The third-order valence-corrected chi connectivity index (χ3v) is 9.79. The van der Waals surface area contributed by atoms with Crippen LogP contribution in [0.5, 0.6) is 0 Å². The number of carbonyl (C=O) groups is 3. The molecule has 2 N–H and O–H groups in total. The first kappa shape index (κ1) is 32.7. The molecule has 0 aliphatic carbocycles. The lowest BCUT2D eigenvalue weighted by Crippen LogP contribution is -2.56. The number of halogens is 2. The summed E-state index contributed by atoms with van der Waals surface area (Å²) in [7, 11) is 0. The molecule has 3 fully saturated rings. The van der Waals surface area contributed by atoms with Gasteiger partial charge in [0.2, 0.25) is 11.8 Å². The highest BCUT2D eigenvalue weighted by Crippen LogP contribution is 2.34. The third-order valence-electron chi connectivity index (χ3n) is 9.05. The molecule has 9 nitrogen and oxygen atoms in total. The highest BCUT2D eigenvalue weighted by molar-refractivity contribution is 6.42. The zero-order chi connectivity index (χ0) is 31.2. The highest BCUT2D eigenvalue weighted by Gasteiger charge is 2.47. The topological polar surface area (TPSA) is 105 Å². The fourth-order valence-corrected chi connectivity index (χ4v) is 7.16. The molecule has 2 amide bonds. The van der Waals surface area contributed by atoms with Gasteiger partial charge in [0.1, 0.15) is 6.04 Å². The Morgan fingerprint density at radius 2 is 1.89 bits per heavy atom. The van der Waals surface area contributed by atoms with Crippen LogP contribution in [0, 0.1) is 0 Å². The van der Waals surface area contributed by atoms with Crippen LogP contribution in [0.1, 0.15) is 56.2 Å². The van der Waals surface area contributed by atoms with Crippen molar-refractivity contribution in [2.45, 2.75) is 75.7 Å². The van der Waals surface area contributed by atoms with Crippen molar-refractivity contribution < 1.29 is 23.9 Å². The molecule has 0 saturated carbocycles. The molecule has 3 aliphatic rings. The van der Waals surface area contributed by atoms with Crippen molar-refractivity contribution >= 4 is 41.0 Å². The minimum absolute atomic E-state index is 0.0289. The number of benzene rings is 2. The van der Waals surface area contributed by atoms with Crippen molar-refractivity contribution in [2.24, 2.45) is 5.73 Å². The van der Waals surface area contributed by atoms with Crippen LogP contribution >= 0.6 is 23.2 Å². The van der Waals surface area contributed by atoms with E-state index in [9.17, 15) is 14.4 Å². The summed E-state index contributed by atoms with van der Waals surface area (Å²) in [6.07, 6.45) is 3.23. The summed E-state index contributed by atoms with van der Waals surface area (Å²) >= 11 is 12.5. The number of fused-ring (bicyclic) bond motifs is 1. The molecule has 0 aromatic heterocycles. The fourth-order valence-electron chi connectivity index (χ4n) is 6.85. The second-order valence-corrected chi connectivity index (χ2v) is 12.7. The van der Waals surface area contributed by atoms with Gasteiger partial charge in [0.15, 0.2) is 0 Å². The molecule has 3 aliphatic heterocycles. The molecule has 2 unspecified atom stereocenters. The third kappa shape index (κ3) is 7.57. The van der Waals surface area contributed by atoms with E-state index in [0.717, 1.165) is 18.4 Å². The average molecular weight is 646 g/mol. The lowest BCUT2D eigenvalue weighted by atomic mass is 10.00. The van der Waals surface area contributed by atoms with Crippen LogP contribution < -0.4 is 5.73 Å². The number of ether oxygens (including phenoxy) is 2. The van der Waals surface area contributed by atoms with Gasteiger partial charge in [-0.3, -0.25) is 19.3 Å². The Morgan fingerprint density at radius 3 is 2.64 bits per heavy atom. The first-order valence-corrected chi connectivity index (χ1v) is 16.4. The molecule has 3 saturated heterocycles. The van der Waals surface area contributed by atoms with Gasteiger partial charge in [-0.15, -0.1) is 0 Å². The van der Waals surface area contributed by atoms with Gasteiger partial charge in [-0.05, 0) is 62.3 Å². The number of carbonyl (C=O) groups excluding carboxylic acids is 3. The van der Waals surface area contributed by atoms with E-state index in [0.29, 0.717) is 49.1 Å². The zero-order valence-corrected chi connectivity index (χ0v) is 26.7. The maximum absolute atomic E-state index is 14.5. The van der Waals surface area contributed by atoms with E-state index in [-0.39, 0.29) is 55.9 Å². The number of hydrogen-bond donors (Lipinski definition) is 1. The van der Waals surface area contributed by atoms with Gasteiger partial charge in [-0.25, -0.2) is 0 Å². The van der Waals surface area contributed by atoms with Gasteiger partial charge in [-0.1, -0.05) is 59.6 Å². The Labute approximate surface area is 269 Å². The molecular formula is C33H42Cl2N4O5. The number of nitrogens with two attached hydrogens (primary N) is 1. The molecule has 3 heterocycles. The summed E-state index contributed by atoms with van der Waals surface area (Å²) < 4.78 is 11.0. The van der Waals surface area contributed by atoms with Crippen molar-refractivity contribution in [1.29, 1.82) is 0 Å². The van der Waals surface area contributed by atoms with Crippen LogP contribution in [0.25, 0.3) is 0 Å². The second-order valence-electron chi connectivity index (χ2n) is 11.9. The maximum atomic E-state index is 14.5. The number of aryl methyl sites for hydroxylation is 1. The molecule has 238 valence electrons. The highest BCUT2D eigenvalue weighted by atomic mass is 35.5. The number of amides is 2. The standard InChI is InChI=1S/C33H42Cl2N4O5/c1-2-44-31(40)13-12-28(32(41)38-16-17-43-21-30(38)23-9-11-26(34)27(35)18-23)37-15-14-25(10-8-22-6-4-3-5-7-22)39-20-24(36)19-29(39)33(37)42/h3-7,9,11,18,24-25,28-30H,2,8,10,12-17,19-21,36H2,1H3/t24?,25?,28-,29+,30+/m1/s1. The predicted octanol–water partition coefficient (Wildman–Crippen LogP) is 4.24. The Balaban J connectivity index is 1.42. The lowest BCUT2D eigenvalue weighted by Gasteiger charge is -2.41. The second kappa shape index (κ2) is 15.1. The van der Waals surface area contributed by atoms with E-state index >= 15 is 0 Å². The van der Waals surface area contributed by atoms with Gasteiger partial charge in [0, 0.05) is 38.1 Å². The van der Waals surface area contributed by atoms with Crippen LogP contribution in [0.2, 0.25) is 10.0 Å². The first-order chi connectivity index (χ1) is 21.3. The quantitative estimate of drug-likeness (QED) is 0.386. The van der Waals surface area contributed by atoms with Crippen LogP contribution in [0.3, 0.4) is 0 Å². The molecule has 5 atom stereocenters. The smallest absolute Gasteiger partial charge is 0.305 e. The predicted molar refractivity (Wildman–Crippen MR) is 169 cm³/mol. The molecule has 11 heteroatoms. The number of nitrogens with zero attached hydrogens (tertiary/aromatic N) is 3. The van der Waals surface area contributed by atoms with Gasteiger partial charge in [0.25, 0.3) is 0 Å². The van der Waals surface area contributed by atoms with Crippen molar-refractivity contribution in [3.63, 3.8) is 0 Å². The summed E-state index contributed by atoms with van der Waals surface area (Å²) in [5.41, 5.74) is 8.48. The minimum Gasteiger partial charge on any atom is -0.466 e. The van der Waals surface area contributed by atoms with Crippen LogP contribution in [0.15, 0.2) is 48.5 Å². The fraction of sp³-hybridized carbons (Fsp3) is 0.545. The van der Waals surface area contributed by atoms with E-state index in [1.165, 1.54) is 5.56 Å². The lowest BCUT2D eigenvalue weighted by molar-refractivity contribution is -0.154. The molecule has 2 aromatic carbocycles. The monoisotopic (exact) mass is 644 g/mol. The number of rotatable bonds is 10. The SMILES string of the molecule is CCOC(=O)CC[C@H](C(=O)N1CCOC[C@H]1c1ccc(Cl)c(Cl)c1)N1CCC(CCc2ccccc2)N2CC(N)C[C@H]2C1=O. The Bertz CT molecular complexity index is 1310. The molecule has 0 bridgehead atoms. The Kier molecular flexibility index (Phi) is 11.2. The van der Waals surface area contributed by atoms with Gasteiger partial charge in [0.05, 0.1) is 41.9 Å². The van der Waals surface area contributed by atoms with Crippen molar-refractivity contribution in [3.05, 3.63) is 69.7 Å². The summed E-state index contributed by atoms with van der Waals surface area (Å²) in [5.74, 6) is -0.693. The molecule has 0 spiro atoms. The van der Waals surface area contributed by atoms with Gasteiger partial charge >= 0.3 is 5.97 Å². The van der Waals surface area contributed by atoms with E-state index < -0.39 is 18.1 Å². The number of morpholine rings is 1. The molecule has 2 aromatic rings. The zero-order valence-electron chi connectivity index (χ0n) is 25.2. The van der Waals surface area contributed by atoms with E-state index in [1.54, 1.807) is 28.9 Å². The molecular weight excluding hydrogens is 603 g/mol. The molecule has 5 rings (SSSR count). The van der Waals surface area contributed by atoms with Gasteiger partial charge in [-0.2, -0.15) is 0 Å². The van der Waals surface area contributed by atoms with Crippen LogP contribution in [-0.4, -0.2) is 96.1 Å². The normalized spacial score (nSPS) is 25.0. The molecule has 44 heavy (non-hydrogen) atoms. The van der Waals surface area contributed by atoms with Crippen LogP contribution in [-0.2, 0) is 30.3 Å². The van der Waals surface area contributed by atoms with Crippen molar-refractivity contribution in [1.82, 2.24) is 14.7 Å². The average Bonchev–Trinajstić information content (AvgIpc) is 3.37. The summed E-state index contributed by atoms with van der Waals surface area (Å²) in [4.78, 5) is 47.1. The largest absolute Gasteiger partial charge is 0.466 e. The Hall–Kier alpha value is -2.69. The minimum atomic E-state index is -0.832. The summed E-state index contributed by atoms with van der Waals surface area (Å²) in [5, 5.41) is 0.816. The van der Waals surface area contributed by atoms with Gasteiger partial charge < -0.3 is 25.0 Å². The Morgan fingerprint density at radius 1 is 1.09 bits per heavy atom. The number of hydrogen-bond acceptors (Lipinski definition) is 7. The maximum Gasteiger partial charge on any atom is 0.305 e. The van der Waals surface area contributed by atoms with Crippen LogP contribution in [0.4, 0.5) is 0 Å². The van der Waals surface area contributed by atoms with E-state index in [2.05, 4.69) is 17.0 Å².